The molecule has 0 unspecified atom stereocenters. The van der Waals surface area contributed by atoms with E-state index in [-0.39, 0.29) is 24.5 Å². The molecule has 1 N–H and O–H groups in total. The summed E-state index contributed by atoms with van der Waals surface area (Å²) in [7, 11) is 0. The summed E-state index contributed by atoms with van der Waals surface area (Å²) in [6.07, 6.45) is 2.07. The Balaban J connectivity index is 1.50. The topological polar surface area (TPSA) is 71.5 Å². The van der Waals surface area contributed by atoms with Crippen molar-refractivity contribution in [3.8, 4) is 0 Å². The van der Waals surface area contributed by atoms with Crippen molar-refractivity contribution in [1.29, 1.82) is 0 Å². The van der Waals surface area contributed by atoms with Gasteiger partial charge in [0.15, 0.2) is 5.78 Å². The van der Waals surface area contributed by atoms with Gasteiger partial charge < -0.3 is 15.0 Å². The number of hydrogen-bond donors (Lipinski definition) is 1. The van der Waals surface area contributed by atoms with Crippen LogP contribution < -0.4 is 10.2 Å². The van der Waals surface area contributed by atoms with Crippen molar-refractivity contribution in [3.05, 3.63) is 53.2 Å². The summed E-state index contributed by atoms with van der Waals surface area (Å²) in [6.45, 7) is 7.10. The number of ether oxygens (including phenoxy) is 1. The number of carbonyl (C=O) groups excluding carboxylic acids is 2. The van der Waals surface area contributed by atoms with Crippen LogP contribution >= 0.6 is 0 Å². The highest BCUT2D eigenvalue weighted by molar-refractivity contribution is 6.00. The minimum Gasteiger partial charge on any atom is -0.378 e. The lowest BCUT2D eigenvalue weighted by Crippen LogP contribution is -2.36. The Labute approximate surface area is 159 Å². The first-order valence-corrected chi connectivity index (χ1v) is 9.22. The van der Waals surface area contributed by atoms with E-state index < -0.39 is 0 Å². The standard InChI is InChI=1S/C21H25N3O3/c1-15-3-4-17(13-16(15)2)19(25)6-8-21(26)23-20-7-5-18(14-22-20)24-9-11-27-12-10-24/h3-5,7,13-14H,6,8-12H2,1-2H3,(H,22,23,26). The highest BCUT2D eigenvalue weighted by Crippen LogP contribution is 2.17. The second-order valence-corrected chi connectivity index (χ2v) is 6.77. The summed E-state index contributed by atoms with van der Waals surface area (Å²) in [6, 6.07) is 9.35. The number of aromatic nitrogens is 1. The summed E-state index contributed by atoms with van der Waals surface area (Å²) < 4.78 is 5.34. The van der Waals surface area contributed by atoms with E-state index in [1.54, 1.807) is 12.3 Å². The molecule has 0 bridgehead atoms. The molecule has 1 aromatic heterocycles. The third kappa shape index (κ3) is 5.14. The Morgan fingerprint density at radius 3 is 2.52 bits per heavy atom. The Hall–Kier alpha value is -2.73. The van der Waals surface area contributed by atoms with E-state index >= 15 is 0 Å². The number of ketones is 1. The molecule has 1 fully saturated rings. The van der Waals surface area contributed by atoms with Gasteiger partial charge >= 0.3 is 0 Å². The number of carbonyl (C=O) groups is 2. The van der Waals surface area contributed by atoms with E-state index in [0.717, 1.165) is 29.9 Å². The molecule has 1 aliphatic rings. The van der Waals surface area contributed by atoms with Gasteiger partial charge in [0.2, 0.25) is 5.91 Å². The predicted molar refractivity (Wildman–Crippen MR) is 105 cm³/mol. The van der Waals surface area contributed by atoms with Gasteiger partial charge in [0.25, 0.3) is 0 Å². The van der Waals surface area contributed by atoms with E-state index in [2.05, 4.69) is 15.2 Å². The maximum absolute atomic E-state index is 12.3. The fourth-order valence-corrected chi connectivity index (χ4v) is 2.96. The normalized spacial score (nSPS) is 14.1. The van der Waals surface area contributed by atoms with Crippen LogP contribution in [0.1, 0.15) is 34.3 Å². The number of aryl methyl sites for hydroxylation is 2. The van der Waals surface area contributed by atoms with Crippen molar-refractivity contribution in [2.24, 2.45) is 0 Å². The number of benzene rings is 1. The zero-order chi connectivity index (χ0) is 19.2. The van der Waals surface area contributed by atoms with Crippen LogP contribution in [-0.4, -0.2) is 43.0 Å². The number of amides is 1. The lowest BCUT2D eigenvalue weighted by Gasteiger charge is -2.28. The predicted octanol–water partition coefficient (Wildman–Crippen LogP) is 3.14. The molecule has 0 aliphatic carbocycles. The third-order valence-electron chi connectivity index (χ3n) is 4.80. The number of Topliss-reactive ketones (excluding diaryl/α,β-unsaturated/α-hetero) is 1. The van der Waals surface area contributed by atoms with Gasteiger partial charge in [0, 0.05) is 31.5 Å². The largest absolute Gasteiger partial charge is 0.378 e. The second-order valence-electron chi connectivity index (χ2n) is 6.77. The van der Waals surface area contributed by atoms with Gasteiger partial charge in [-0.15, -0.1) is 0 Å². The molecule has 0 radical (unpaired) electrons. The van der Waals surface area contributed by atoms with Crippen molar-refractivity contribution in [3.63, 3.8) is 0 Å². The summed E-state index contributed by atoms with van der Waals surface area (Å²) in [5.41, 5.74) is 3.89. The molecule has 0 spiro atoms. The fourth-order valence-electron chi connectivity index (χ4n) is 2.96. The molecule has 27 heavy (non-hydrogen) atoms. The average molecular weight is 367 g/mol. The Morgan fingerprint density at radius 1 is 1.07 bits per heavy atom. The third-order valence-corrected chi connectivity index (χ3v) is 4.80. The van der Waals surface area contributed by atoms with Gasteiger partial charge in [-0.05, 0) is 43.2 Å². The Kier molecular flexibility index (Phi) is 6.19. The highest BCUT2D eigenvalue weighted by Gasteiger charge is 2.13. The van der Waals surface area contributed by atoms with Crippen LogP contribution in [0, 0.1) is 13.8 Å². The summed E-state index contributed by atoms with van der Waals surface area (Å²) in [4.78, 5) is 30.9. The van der Waals surface area contributed by atoms with E-state index in [0.29, 0.717) is 24.6 Å². The van der Waals surface area contributed by atoms with E-state index in [4.69, 9.17) is 4.74 Å². The molecule has 1 aromatic carbocycles. The molecule has 6 heteroatoms. The Morgan fingerprint density at radius 2 is 1.85 bits per heavy atom. The molecule has 1 aliphatic heterocycles. The first kappa shape index (κ1) is 19.0. The first-order valence-electron chi connectivity index (χ1n) is 9.22. The lowest BCUT2D eigenvalue weighted by molar-refractivity contribution is -0.116. The zero-order valence-electron chi connectivity index (χ0n) is 15.8. The van der Waals surface area contributed by atoms with Gasteiger partial charge in [-0.1, -0.05) is 12.1 Å². The monoisotopic (exact) mass is 367 g/mol. The molecule has 3 rings (SSSR count). The molecule has 2 heterocycles. The van der Waals surface area contributed by atoms with Crippen LogP contribution in [0.15, 0.2) is 36.5 Å². The van der Waals surface area contributed by atoms with Crippen molar-refractivity contribution in [2.75, 3.05) is 36.5 Å². The van der Waals surface area contributed by atoms with Gasteiger partial charge in [0.1, 0.15) is 5.82 Å². The average Bonchev–Trinajstić information content (AvgIpc) is 2.69. The number of hydrogen-bond acceptors (Lipinski definition) is 5. The molecular formula is C21H25N3O3. The van der Waals surface area contributed by atoms with Crippen LogP contribution in [0.2, 0.25) is 0 Å². The minimum absolute atomic E-state index is 0.0242. The van der Waals surface area contributed by atoms with Crippen molar-refractivity contribution < 1.29 is 14.3 Å². The van der Waals surface area contributed by atoms with Crippen molar-refractivity contribution >= 4 is 23.2 Å². The minimum atomic E-state index is -0.209. The maximum Gasteiger partial charge on any atom is 0.225 e. The number of nitrogens with zero attached hydrogens (tertiary/aromatic N) is 2. The molecule has 1 amide bonds. The second kappa shape index (κ2) is 8.77. The molecule has 1 saturated heterocycles. The van der Waals surface area contributed by atoms with Gasteiger partial charge in [-0.2, -0.15) is 0 Å². The van der Waals surface area contributed by atoms with Crippen LogP contribution in [0.4, 0.5) is 11.5 Å². The molecule has 2 aromatic rings. The van der Waals surface area contributed by atoms with Crippen molar-refractivity contribution in [1.82, 2.24) is 4.98 Å². The van der Waals surface area contributed by atoms with Crippen molar-refractivity contribution in [2.45, 2.75) is 26.7 Å². The molecule has 0 saturated carbocycles. The smallest absolute Gasteiger partial charge is 0.225 e. The highest BCUT2D eigenvalue weighted by atomic mass is 16.5. The number of pyridine rings is 1. The molecule has 6 nitrogen and oxygen atoms in total. The SMILES string of the molecule is Cc1ccc(C(=O)CCC(=O)Nc2ccc(N3CCOCC3)cn2)cc1C. The summed E-state index contributed by atoms with van der Waals surface area (Å²) in [5, 5.41) is 2.75. The summed E-state index contributed by atoms with van der Waals surface area (Å²) in [5.74, 6) is 0.262. The number of nitrogens with one attached hydrogen (secondary N) is 1. The summed E-state index contributed by atoms with van der Waals surface area (Å²) >= 11 is 0. The van der Waals surface area contributed by atoms with Crippen LogP contribution in [0.3, 0.4) is 0 Å². The molecule has 142 valence electrons. The van der Waals surface area contributed by atoms with E-state index in [1.165, 1.54) is 0 Å². The number of rotatable bonds is 6. The molecule has 0 atom stereocenters. The Bertz CT molecular complexity index is 812. The quantitative estimate of drug-likeness (QED) is 0.794. The number of morpholine rings is 1. The van der Waals surface area contributed by atoms with Gasteiger partial charge in [-0.25, -0.2) is 4.98 Å². The van der Waals surface area contributed by atoms with Crippen LogP contribution in [0.5, 0.6) is 0 Å². The van der Waals surface area contributed by atoms with Gasteiger partial charge in [-0.3, -0.25) is 9.59 Å². The molecular weight excluding hydrogens is 342 g/mol. The van der Waals surface area contributed by atoms with Crippen LogP contribution in [0.25, 0.3) is 0 Å². The van der Waals surface area contributed by atoms with Gasteiger partial charge in [0.05, 0.1) is 25.1 Å². The van der Waals surface area contributed by atoms with E-state index in [1.807, 2.05) is 38.1 Å². The fraction of sp³-hybridized carbons (Fsp3) is 0.381. The van der Waals surface area contributed by atoms with Crippen LogP contribution in [-0.2, 0) is 9.53 Å². The lowest BCUT2D eigenvalue weighted by atomic mass is 10.0. The maximum atomic E-state index is 12.3. The number of anilines is 2. The first-order chi connectivity index (χ1) is 13.0. The van der Waals surface area contributed by atoms with E-state index in [9.17, 15) is 9.59 Å². The zero-order valence-corrected chi connectivity index (χ0v) is 15.8.